The minimum absolute atomic E-state index is 0.322. The van der Waals surface area contributed by atoms with Crippen molar-refractivity contribution in [2.45, 2.75) is 6.42 Å². The highest BCUT2D eigenvalue weighted by Crippen LogP contribution is 2.37. The predicted molar refractivity (Wildman–Crippen MR) is 59.2 cm³/mol. The molecule has 2 heteroatoms. The Balaban J connectivity index is 2.31. The van der Waals surface area contributed by atoms with Crippen LogP contribution in [0.3, 0.4) is 0 Å². The number of rotatable bonds is 3. The fraction of sp³-hybridized carbons (Fsp3) is 0.333. The van der Waals surface area contributed by atoms with Crippen molar-refractivity contribution in [1.29, 1.82) is 0 Å². The molecule has 0 saturated carbocycles. The van der Waals surface area contributed by atoms with Crippen LogP contribution < -0.4 is 0 Å². The number of halogens is 1. The third-order valence-corrected chi connectivity index (χ3v) is 2.81. The van der Waals surface area contributed by atoms with Gasteiger partial charge < -0.3 is 4.74 Å². The number of allylic oxidation sites excluding steroid dienone is 6. The molecule has 1 unspecified atom stereocenters. The summed E-state index contributed by atoms with van der Waals surface area (Å²) in [6.07, 6.45) is 11.5. The summed E-state index contributed by atoms with van der Waals surface area (Å²) in [7, 11) is 1.72. The smallest absolute Gasteiger partial charge is 0.107 e. The van der Waals surface area contributed by atoms with Gasteiger partial charge in [-0.2, -0.15) is 0 Å². The summed E-state index contributed by atoms with van der Waals surface area (Å²) in [6, 6.07) is 0. The van der Waals surface area contributed by atoms with Gasteiger partial charge >= 0.3 is 0 Å². The van der Waals surface area contributed by atoms with Gasteiger partial charge in [-0.05, 0) is 23.6 Å². The molecule has 0 aromatic heterocycles. The molecule has 0 N–H and O–H groups in total. The minimum Gasteiger partial charge on any atom is -0.500 e. The zero-order chi connectivity index (χ0) is 9.97. The summed E-state index contributed by atoms with van der Waals surface area (Å²) in [5, 5.41) is 0. The summed E-state index contributed by atoms with van der Waals surface area (Å²) in [5.74, 6) is 2.01. The van der Waals surface area contributed by atoms with Crippen LogP contribution in [0.4, 0.5) is 0 Å². The van der Waals surface area contributed by atoms with E-state index >= 15 is 0 Å². The zero-order valence-corrected chi connectivity index (χ0v) is 8.92. The van der Waals surface area contributed by atoms with Crippen molar-refractivity contribution < 1.29 is 4.74 Å². The van der Waals surface area contributed by atoms with Gasteiger partial charge in [0.25, 0.3) is 0 Å². The molecule has 0 aliphatic heterocycles. The summed E-state index contributed by atoms with van der Waals surface area (Å²) >= 11 is 5.76. The number of fused-ring (bicyclic) bond motifs is 1. The van der Waals surface area contributed by atoms with Crippen molar-refractivity contribution >= 4 is 11.6 Å². The lowest BCUT2D eigenvalue weighted by atomic mass is 9.94. The Morgan fingerprint density at radius 3 is 3.00 bits per heavy atom. The second-order valence-corrected chi connectivity index (χ2v) is 3.77. The summed E-state index contributed by atoms with van der Waals surface area (Å²) in [5.41, 5.74) is 2.65. The first-order valence-corrected chi connectivity index (χ1v) is 5.29. The maximum absolute atomic E-state index is 5.76. The molecule has 0 fully saturated rings. The van der Waals surface area contributed by atoms with Crippen LogP contribution in [0.5, 0.6) is 0 Å². The first kappa shape index (κ1) is 9.60. The van der Waals surface area contributed by atoms with Gasteiger partial charge in [-0.1, -0.05) is 24.3 Å². The summed E-state index contributed by atoms with van der Waals surface area (Å²) < 4.78 is 5.35. The van der Waals surface area contributed by atoms with Gasteiger partial charge in [0.1, 0.15) is 5.76 Å². The second-order valence-electron chi connectivity index (χ2n) is 3.39. The molecule has 1 atom stereocenters. The molecule has 14 heavy (non-hydrogen) atoms. The van der Waals surface area contributed by atoms with Crippen LogP contribution in [0.2, 0.25) is 0 Å². The first-order valence-electron chi connectivity index (χ1n) is 4.76. The highest BCUT2D eigenvalue weighted by atomic mass is 35.5. The fourth-order valence-electron chi connectivity index (χ4n) is 1.95. The number of methoxy groups -OCH3 is 1. The van der Waals surface area contributed by atoms with Crippen molar-refractivity contribution in [2.24, 2.45) is 5.92 Å². The van der Waals surface area contributed by atoms with E-state index < -0.39 is 0 Å². The quantitative estimate of drug-likeness (QED) is 0.648. The van der Waals surface area contributed by atoms with Crippen LogP contribution in [0.15, 0.2) is 47.3 Å². The molecule has 0 bridgehead atoms. The van der Waals surface area contributed by atoms with Gasteiger partial charge in [0.15, 0.2) is 0 Å². The number of hydrogen-bond donors (Lipinski definition) is 0. The number of ether oxygens (including phenoxy) is 1. The molecular formula is C12H13ClO. The van der Waals surface area contributed by atoms with E-state index in [2.05, 4.69) is 30.4 Å². The van der Waals surface area contributed by atoms with Gasteiger partial charge in [-0.25, -0.2) is 0 Å². The number of alkyl halides is 1. The van der Waals surface area contributed by atoms with E-state index in [0.717, 1.165) is 12.2 Å². The molecule has 0 spiro atoms. The van der Waals surface area contributed by atoms with Crippen LogP contribution in [-0.4, -0.2) is 13.0 Å². The molecule has 0 amide bonds. The average Bonchev–Trinajstić information content (AvgIpc) is 2.58. The van der Waals surface area contributed by atoms with E-state index in [4.69, 9.17) is 16.3 Å². The molecule has 2 aliphatic rings. The molecule has 74 valence electrons. The van der Waals surface area contributed by atoms with Gasteiger partial charge in [0.05, 0.1) is 13.0 Å². The van der Waals surface area contributed by atoms with Crippen LogP contribution in [-0.2, 0) is 4.74 Å². The van der Waals surface area contributed by atoms with E-state index in [9.17, 15) is 0 Å². The molecule has 0 aromatic carbocycles. The van der Waals surface area contributed by atoms with Gasteiger partial charge in [0.2, 0.25) is 0 Å². The highest BCUT2D eigenvalue weighted by molar-refractivity contribution is 6.18. The summed E-state index contributed by atoms with van der Waals surface area (Å²) in [6.45, 7) is 0. The largest absolute Gasteiger partial charge is 0.500 e. The lowest BCUT2D eigenvalue weighted by Crippen LogP contribution is -2.03. The van der Waals surface area contributed by atoms with E-state index in [1.54, 1.807) is 7.11 Å². The third-order valence-electron chi connectivity index (χ3n) is 2.62. The minimum atomic E-state index is 0.322. The van der Waals surface area contributed by atoms with Crippen molar-refractivity contribution in [2.75, 3.05) is 13.0 Å². The molecule has 0 radical (unpaired) electrons. The third kappa shape index (κ3) is 1.53. The molecule has 0 heterocycles. The topological polar surface area (TPSA) is 9.23 Å². The van der Waals surface area contributed by atoms with Crippen LogP contribution in [0.1, 0.15) is 6.42 Å². The standard InChI is InChI=1S/C12H13ClO/c1-14-12-8-9(6-7-13)10-4-2-3-5-11(10)12/h2-5,8,11H,6-7H2,1H3. The Bertz CT molecular complexity index is 347. The molecular weight excluding hydrogens is 196 g/mol. The highest BCUT2D eigenvalue weighted by Gasteiger charge is 2.25. The number of hydrogen-bond acceptors (Lipinski definition) is 1. The second kappa shape index (κ2) is 4.05. The summed E-state index contributed by atoms with van der Waals surface area (Å²) in [4.78, 5) is 0. The molecule has 1 nitrogen and oxygen atoms in total. The average molecular weight is 209 g/mol. The van der Waals surface area contributed by atoms with Crippen molar-refractivity contribution in [3.05, 3.63) is 47.3 Å². The molecule has 0 aromatic rings. The Morgan fingerprint density at radius 1 is 1.43 bits per heavy atom. The van der Waals surface area contributed by atoms with Crippen LogP contribution in [0, 0.1) is 5.92 Å². The van der Waals surface area contributed by atoms with Crippen molar-refractivity contribution in [3.63, 3.8) is 0 Å². The lowest BCUT2D eigenvalue weighted by molar-refractivity contribution is 0.269. The van der Waals surface area contributed by atoms with Crippen LogP contribution >= 0.6 is 11.6 Å². The van der Waals surface area contributed by atoms with Crippen molar-refractivity contribution in [3.8, 4) is 0 Å². The monoisotopic (exact) mass is 208 g/mol. The van der Waals surface area contributed by atoms with E-state index in [1.165, 1.54) is 11.1 Å². The van der Waals surface area contributed by atoms with E-state index in [0.29, 0.717) is 11.8 Å². The van der Waals surface area contributed by atoms with Gasteiger partial charge in [0, 0.05) is 5.88 Å². The van der Waals surface area contributed by atoms with E-state index in [-0.39, 0.29) is 0 Å². The molecule has 2 aliphatic carbocycles. The predicted octanol–water partition coefficient (Wildman–Crippen LogP) is 3.20. The Hall–Kier alpha value is -0.950. The van der Waals surface area contributed by atoms with Crippen molar-refractivity contribution in [1.82, 2.24) is 0 Å². The van der Waals surface area contributed by atoms with Crippen LogP contribution in [0.25, 0.3) is 0 Å². The maximum Gasteiger partial charge on any atom is 0.107 e. The van der Waals surface area contributed by atoms with Gasteiger partial charge in [-0.3, -0.25) is 0 Å². The SMILES string of the molecule is COC1=CC(CCCl)=C2C=CC=CC12. The maximum atomic E-state index is 5.76. The lowest BCUT2D eigenvalue weighted by Gasteiger charge is -2.14. The Kier molecular flexibility index (Phi) is 2.78. The van der Waals surface area contributed by atoms with Gasteiger partial charge in [-0.15, -0.1) is 11.6 Å². The normalized spacial score (nSPS) is 23.9. The first-order chi connectivity index (χ1) is 6.86. The Morgan fingerprint density at radius 2 is 2.29 bits per heavy atom. The fourth-order valence-corrected chi connectivity index (χ4v) is 2.15. The Labute approximate surface area is 89.4 Å². The zero-order valence-electron chi connectivity index (χ0n) is 8.16. The molecule has 0 saturated heterocycles. The van der Waals surface area contributed by atoms with E-state index in [1.807, 2.05) is 0 Å². The molecule has 2 rings (SSSR count).